The van der Waals surface area contributed by atoms with Crippen LogP contribution in [0.2, 0.25) is 0 Å². The molecule has 0 aliphatic carbocycles. The van der Waals surface area contributed by atoms with E-state index in [0.717, 1.165) is 73.9 Å². The van der Waals surface area contributed by atoms with Gasteiger partial charge in [-0.05, 0) is 70.6 Å². The van der Waals surface area contributed by atoms with E-state index in [2.05, 4.69) is 33.2 Å². The molecule has 2 bridgehead atoms. The number of pyridine rings is 2. The summed E-state index contributed by atoms with van der Waals surface area (Å²) < 4.78 is 0. The quantitative estimate of drug-likeness (QED) is 0.851. The van der Waals surface area contributed by atoms with Gasteiger partial charge in [-0.15, -0.1) is 0 Å². The highest BCUT2D eigenvalue weighted by atomic mass is 16.2. The number of aromatic nitrogens is 2. The van der Waals surface area contributed by atoms with Crippen molar-refractivity contribution in [1.82, 2.24) is 20.2 Å². The Morgan fingerprint density at radius 3 is 2.69 bits per heavy atom. The Hall–Kier alpha value is -2.67. The number of amides is 2. The summed E-state index contributed by atoms with van der Waals surface area (Å²) in [6, 6.07) is 8.61. The maximum absolute atomic E-state index is 13.3. The molecule has 0 saturated carbocycles. The SMILES string of the molecule is Cc1ccc(-c2ccc3c(n2)N(C(=O)NC2CCN(C)CC2)[C@@H]2CCN3C2)cn1. The molecule has 2 aromatic rings. The van der Waals surface area contributed by atoms with Gasteiger partial charge in [0.2, 0.25) is 0 Å². The predicted octanol–water partition coefficient (Wildman–Crippen LogP) is 2.65. The number of aryl methyl sites for hydroxylation is 1. The first-order valence-corrected chi connectivity index (χ1v) is 10.6. The van der Waals surface area contributed by atoms with E-state index in [4.69, 9.17) is 4.98 Å². The van der Waals surface area contributed by atoms with Crippen molar-refractivity contribution < 1.29 is 4.79 Å². The van der Waals surface area contributed by atoms with Gasteiger partial charge in [0.15, 0.2) is 5.82 Å². The van der Waals surface area contributed by atoms with Crippen LogP contribution in [0.3, 0.4) is 0 Å². The molecule has 2 amide bonds. The molecule has 5 rings (SSSR count). The lowest BCUT2D eigenvalue weighted by Crippen LogP contribution is -2.54. The molecule has 5 heterocycles. The van der Waals surface area contributed by atoms with E-state index in [-0.39, 0.29) is 18.1 Å². The van der Waals surface area contributed by atoms with Gasteiger partial charge in [-0.3, -0.25) is 9.88 Å². The minimum Gasteiger partial charge on any atom is -0.366 e. The summed E-state index contributed by atoms with van der Waals surface area (Å²) in [5.74, 6) is 0.780. The molecular weight excluding hydrogens is 364 g/mol. The summed E-state index contributed by atoms with van der Waals surface area (Å²) >= 11 is 0. The molecule has 0 aromatic carbocycles. The number of urea groups is 1. The van der Waals surface area contributed by atoms with Crippen LogP contribution in [-0.2, 0) is 0 Å². The molecule has 1 atom stereocenters. The third-order valence-electron chi connectivity index (χ3n) is 6.42. The molecule has 0 unspecified atom stereocenters. The van der Waals surface area contributed by atoms with Gasteiger partial charge in [-0.1, -0.05) is 0 Å². The van der Waals surface area contributed by atoms with Crippen molar-refractivity contribution in [3.63, 3.8) is 0 Å². The van der Waals surface area contributed by atoms with Crippen LogP contribution in [0.4, 0.5) is 16.3 Å². The Balaban J connectivity index is 1.45. The van der Waals surface area contributed by atoms with Crippen LogP contribution in [0, 0.1) is 6.92 Å². The highest BCUT2D eigenvalue weighted by Crippen LogP contribution is 2.40. The molecule has 0 radical (unpaired) electrons. The monoisotopic (exact) mass is 392 g/mol. The Labute approximate surface area is 171 Å². The molecule has 2 saturated heterocycles. The van der Waals surface area contributed by atoms with Crippen molar-refractivity contribution in [3.8, 4) is 11.3 Å². The van der Waals surface area contributed by atoms with E-state index in [0.29, 0.717) is 0 Å². The number of nitrogens with zero attached hydrogens (tertiary/aromatic N) is 5. The Morgan fingerprint density at radius 2 is 1.93 bits per heavy atom. The van der Waals surface area contributed by atoms with Gasteiger partial charge in [-0.25, -0.2) is 9.78 Å². The van der Waals surface area contributed by atoms with Crippen molar-refractivity contribution in [1.29, 1.82) is 0 Å². The van der Waals surface area contributed by atoms with Crippen LogP contribution in [0.25, 0.3) is 11.3 Å². The van der Waals surface area contributed by atoms with Gasteiger partial charge in [-0.2, -0.15) is 0 Å². The smallest absolute Gasteiger partial charge is 0.323 e. The van der Waals surface area contributed by atoms with Crippen LogP contribution in [0.1, 0.15) is 25.0 Å². The second kappa shape index (κ2) is 7.30. The van der Waals surface area contributed by atoms with Gasteiger partial charge in [0.25, 0.3) is 0 Å². The van der Waals surface area contributed by atoms with E-state index in [9.17, 15) is 4.79 Å². The van der Waals surface area contributed by atoms with Crippen molar-refractivity contribution >= 4 is 17.5 Å². The van der Waals surface area contributed by atoms with Crippen molar-refractivity contribution in [2.75, 3.05) is 43.0 Å². The van der Waals surface area contributed by atoms with Crippen molar-refractivity contribution in [2.24, 2.45) is 0 Å². The number of likely N-dealkylation sites (tertiary alicyclic amines) is 1. The Morgan fingerprint density at radius 1 is 1.10 bits per heavy atom. The van der Waals surface area contributed by atoms with Gasteiger partial charge in [0, 0.05) is 36.6 Å². The zero-order chi connectivity index (χ0) is 20.0. The van der Waals surface area contributed by atoms with E-state index >= 15 is 0 Å². The van der Waals surface area contributed by atoms with Crippen LogP contribution in [0.5, 0.6) is 0 Å². The van der Waals surface area contributed by atoms with E-state index < -0.39 is 0 Å². The predicted molar refractivity (Wildman–Crippen MR) is 114 cm³/mol. The van der Waals surface area contributed by atoms with Gasteiger partial charge >= 0.3 is 6.03 Å². The highest BCUT2D eigenvalue weighted by molar-refractivity contribution is 5.97. The van der Waals surface area contributed by atoms with Crippen LogP contribution < -0.4 is 15.1 Å². The number of hydrogen-bond donors (Lipinski definition) is 1. The normalized spacial score (nSPS) is 21.9. The highest BCUT2D eigenvalue weighted by Gasteiger charge is 2.40. The topological polar surface area (TPSA) is 64.6 Å². The van der Waals surface area contributed by atoms with Crippen LogP contribution in [0.15, 0.2) is 30.5 Å². The second-order valence-electron chi connectivity index (χ2n) is 8.51. The summed E-state index contributed by atoms with van der Waals surface area (Å²) in [6.07, 6.45) is 4.84. The maximum atomic E-state index is 13.3. The lowest BCUT2D eigenvalue weighted by molar-refractivity contribution is 0.216. The molecule has 7 heteroatoms. The number of fused-ring (bicyclic) bond motifs is 4. The number of carbonyl (C=O) groups excluding carboxylic acids is 1. The zero-order valence-corrected chi connectivity index (χ0v) is 17.1. The van der Waals surface area contributed by atoms with Gasteiger partial charge in [0.1, 0.15) is 0 Å². The molecule has 152 valence electrons. The molecule has 2 aromatic heterocycles. The van der Waals surface area contributed by atoms with Crippen LogP contribution in [-0.4, -0.2) is 66.2 Å². The molecule has 3 aliphatic rings. The van der Waals surface area contributed by atoms with Crippen LogP contribution >= 0.6 is 0 Å². The summed E-state index contributed by atoms with van der Waals surface area (Å²) in [5.41, 5.74) is 3.87. The number of hydrogen-bond acceptors (Lipinski definition) is 5. The standard InChI is InChI=1S/C22H28N6O/c1-15-3-4-16(13-23-15)19-5-6-20-21(25-19)28(18-9-12-27(20)14-18)22(29)24-17-7-10-26(2)11-8-17/h3-6,13,17-18H,7-12,14H2,1-2H3,(H,24,29)/t18-/m1/s1. The zero-order valence-electron chi connectivity index (χ0n) is 17.1. The summed E-state index contributed by atoms with van der Waals surface area (Å²) in [6.45, 7) is 5.90. The fourth-order valence-corrected chi connectivity index (χ4v) is 4.65. The average molecular weight is 393 g/mol. The Kier molecular flexibility index (Phi) is 4.62. The summed E-state index contributed by atoms with van der Waals surface area (Å²) in [5, 5.41) is 3.29. The summed E-state index contributed by atoms with van der Waals surface area (Å²) in [4.78, 5) is 29.2. The van der Waals surface area contributed by atoms with E-state index in [1.165, 1.54) is 0 Å². The third kappa shape index (κ3) is 3.44. The number of anilines is 2. The first kappa shape index (κ1) is 18.4. The number of nitrogens with one attached hydrogen (secondary N) is 1. The minimum atomic E-state index is -0.000894. The fourth-order valence-electron chi connectivity index (χ4n) is 4.65. The largest absolute Gasteiger partial charge is 0.366 e. The first-order chi connectivity index (χ1) is 14.1. The number of carbonyl (C=O) groups is 1. The lowest BCUT2D eigenvalue weighted by atomic mass is 10.1. The van der Waals surface area contributed by atoms with E-state index in [1.54, 1.807) is 0 Å². The first-order valence-electron chi connectivity index (χ1n) is 10.6. The average Bonchev–Trinajstić information content (AvgIpc) is 3.14. The van der Waals surface area contributed by atoms with Gasteiger partial charge in [0.05, 0.1) is 17.4 Å². The van der Waals surface area contributed by atoms with Crippen molar-refractivity contribution in [2.45, 2.75) is 38.3 Å². The Bertz CT molecular complexity index is 906. The molecule has 1 N–H and O–H groups in total. The second-order valence-corrected chi connectivity index (χ2v) is 8.51. The van der Waals surface area contributed by atoms with Gasteiger partial charge < -0.3 is 15.1 Å². The lowest BCUT2D eigenvalue weighted by Gasteiger charge is -2.37. The van der Waals surface area contributed by atoms with Crippen molar-refractivity contribution in [3.05, 3.63) is 36.2 Å². The number of rotatable bonds is 2. The number of piperidine rings is 1. The minimum absolute atomic E-state index is 0.000894. The molecular formula is C22H28N6O. The molecule has 0 spiro atoms. The maximum Gasteiger partial charge on any atom is 0.323 e. The summed E-state index contributed by atoms with van der Waals surface area (Å²) in [7, 11) is 2.14. The molecule has 2 fully saturated rings. The fraction of sp³-hybridized carbons (Fsp3) is 0.500. The molecule has 3 aliphatic heterocycles. The van der Waals surface area contributed by atoms with E-state index in [1.807, 2.05) is 36.2 Å². The molecule has 29 heavy (non-hydrogen) atoms. The third-order valence-corrected chi connectivity index (χ3v) is 6.42. The molecule has 7 nitrogen and oxygen atoms in total.